The lowest BCUT2D eigenvalue weighted by atomic mass is 10.1. The number of nitrogens with two attached hydrogens (primary N) is 1. The Balaban J connectivity index is 2.01. The van der Waals surface area contributed by atoms with Crippen LogP contribution in [-0.2, 0) is 6.42 Å². The molecule has 1 aromatic carbocycles. The molecule has 1 saturated carbocycles. The summed E-state index contributed by atoms with van der Waals surface area (Å²) in [5.41, 5.74) is 8.85. The second-order valence-corrected chi connectivity index (χ2v) is 4.74. The standard InChI is InChI=1S/C13H20N2/c1-3-11-4-6-12(7-5-11)15(2)10-13(14)8-9-13/h4-7H,3,8-10,14H2,1-2H3. The Labute approximate surface area is 92.1 Å². The summed E-state index contributed by atoms with van der Waals surface area (Å²) in [5.74, 6) is 0. The van der Waals surface area contributed by atoms with Crippen LogP contribution in [0.2, 0.25) is 0 Å². The molecule has 0 heterocycles. The zero-order valence-electron chi connectivity index (χ0n) is 9.66. The molecule has 1 aliphatic carbocycles. The molecule has 0 aliphatic heterocycles. The van der Waals surface area contributed by atoms with Gasteiger partial charge in [-0.15, -0.1) is 0 Å². The monoisotopic (exact) mass is 204 g/mol. The van der Waals surface area contributed by atoms with Gasteiger partial charge in [-0.3, -0.25) is 0 Å². The number of nitrogens with zero attached hydrogens (tertiary/aromatic N) is 1. The van der Waals surface area contributed by atoms with Crippen molar-refractivity contribution >= 4 is 5.69 Å². The van der Waals surface area contributed by atoms with E-state index in [9.17, 15) is 0 Å². The van der Waals surface area contributed by atoms with E-state index in [1.807, 2.05) is 0 Å². The largest absolute Gasteiger partial charge is 0.373 e. The minimum Gasteiger partial charge on any atom is -0.373 e. The van der Waals surface area contributed by atoms with Gasteiger partial charge in [0.2, 0.25) is 0 Å². The SMILES string of the molecule is CCc1ccc(N(C)CC2(N)CC2)cc1. The normalized spacial score (nSPS) is 17.5. The van der Waals surface area contributed by atoms with Gasteiger partial charge in [0.25, 0.3) is 0 Å². The molecule has 1 aromatic rings. The van der Waals surface area contributed by atoms with E-state index < -0.39 is 0 Å². The second kappa shape index (κ2) is 3.86. The average molecular weight is 204 g/mol. The lowest BCUT2D eigenvalue weighted by Crippen LogP contribution is -2.37. The molecule has 2 nitrogen and oxygen atoms in total. The molecule has 0 atom stereocenters. The summed E-state index contributed by atoms with van der Waals surface area (Å²) in [7, 11) is 2.12. The van der Waals surface area contributed by atoms with Crippen molar-refractivity contribution in [3.8, 4) is 0 Å². The van der Waals surface area contributed by atoms with Gasteiger partial charge in [0, 0.05) is 24.8 Å². The number of rotatable bonds is 4. The first-order valence-electron chi connectivity index (χ1n) is 5.72. The van der Waals surface area contributed by atoms with Gasteiger partial charge in [0.15, 0.2) is 0 Å². The molecule has 0 spiro atoms. The molecule has 0 bridgehead atoms. The minimum atomic E-state index is 0.0954. The molecule has 0 radical (unpaired) electrons. The Morgan fingerprint density at radius 2 is 1.87 bits per heavy atom. The molecular weight excluding hydrogens is 184 g/mol. The van der Waals surface area contributed by atoms with E-state index in [-0.39, 0.29) is 5.54 Å². The molecule has 0 saturated heterocycles. The molecule has 0 amide bonds. The van der Waals surface area contributed by atoms with Gasteiger partial charge in [-0.1, -0.05) is 19.1 Å². The summed E-state index contributed by atoms with van der Waals surface area (Å²) < 4.78 is 0. The molecule has 0 unspecified atom stereocenters. The molecule has 15 heavy (non-hydrogen) atoms. The highest BCUT2D eigenvalue weighted by molar-refractivity contribution is 5.47. The van der Waals surface area contributed by atoms with Crippen molar-refractivity contribution in [2.24, 2.45) is 5.73 Å². The predicted octanol–water partition coefficient (Wildman–Crippen LogP) is 2.18. The van der Waals surface area contributed by atoms with Gasteiger partial charge in [-0.25, -0.2) is 0 Å². The molecule has 1 aliphatic rings. The fraction of sp³-hybridized carbons (Fsp3) is 0.538. The van der Waals surface area contributed by atoms with Crippen LogP contribution in [0, 0.1) is 0 Å². The van der Waals surface area contributed by atoms with Crippen molar-refractivity contribution in [2.45, 2.75) is 31.7 Å². The van der Waals surface area contributed by atoms with Crippen molar-refractivity contribution in [2.75, 3.05) is 18.5 Å². The minimum absolute atomic E-state index is 0.0954. The number of benzene rings is 1. The van der Waals surface area contributed by atoms with Crippen LogP contribution >= 0.6 is 0 Å². The highest BCUT2D eigenvalue weighted by Crippen LogP contribution is 2.33. The van der Waals surface area contributed by atoms with Crippen molar-refractivity contribution in [1.29, 1.82) is 0 Å². The number of hydrogen-bond acceptors (Lipinski definition) is 2. The van der Waals surface area contributed by atoms with E-state index >= 15 is 0 Å². The number of hydrogen-bond donors (Lipinski definition) is 1. The zero-order chi connectivity index (χ0) is 10.9. The third kappa shape index (κ3) is 2.51. The van der Waals surface area contributed by atoms with E-state index in [0.29, 0.717) is 0 Å². The topological polar surface area (TPSA) is 29.3 Å². The van der Waals surface area contributed by atoms with Crippen molar-refractivity contribution in [3.63, 3.8) is 0 Å². The van der Waals surface area contributed by atoms with E-state index in [2.05, 4.69) is 43.1 Å². The van der Waals surface area contributed by atoms with Crippen molar-refractivity contribution < 1.29 is 0 Å². The van der Waals surface area contributed by atoms with Crippen LogP contribution in [0.3, 0.4) is 0 Å². The molecule has 0 aromatic heterocycles. The van der Waals surface area contributed by atoms with Gasteiger partial charge in [-0.05, 0) is 37.0 Å². The Morgan fingerprint density at radius 1 is 1.27 bits per heavy atom. The molecule has 2 heteroatoms. The maximum absolute atomic E-state index is 6.10. The maximum Gasteiger partial charge on any atom is 0.0364 e. The molecule has 2 N–H and O–H groups in total. The quantitative estimate of drug-likeness (QED) is 0.814. The van der Waals surface area contributed by atoms with E-state index in [1.54, 1.807) is 0 Å². The summed E-state index contributed by atoms with van der Waals surface area (Å²) in [6, 6.07) is 8.76. The van der Waals surface area contributed by atoms with Gasteiger partial charge in [-0.2, -0.15) is 0 Å². The predicted molar refractivity (Wildman–Crippen MR) is 65.2 cm³/mol. The third-order valence-electron chi connectivity index (χ3n) is 3.23. The fourth-order valence-corrected chi connectivity index (χ4v) is 1.87. The number of anilines is 1. The third-order valence-corrected chi connectivity index (χ3v) is 3.23. The lowest BCUT2D eigenvalue weighted by Gasteiger charge is -2.23. The molecule has 1 fully saturated rings. The molecular formula is C13H20N2. The van der Waals surface area contributed by atoms with E-state index in [1.165, 1.54) is 24.1 Å². The smallest absolute Gasteiger partial charge is 0.0364 e. The highest BCUT2D eigenvalue weighted by Gasteiger charge is 2.39. The van der Waals surface area contributed by atoms with Crippen LogP contribution in [0.5, 0.6) is 0 Å². The van der Waals surface area contributed by atoms with Gasteiger partial charge < -0.3 is 10.6 Å². The summed E-state index contributed by atoms with van der Waals surface area (Å²) in [6.45, 7) is 3.15. The summed E-state index contributed by atoms with van der Waals surface area (Å²) in [6.07, 6.45) is 3.44. The van der Waals surface area contributed by atoms with Crippen LogP contribution in [0.1, 0.15) is 25.3 Å². The molecule has 82 valence electrons. The summed E-state index contributed by atoms with van der Waals surface area (Å²) in [5, 5.41) is 0. The maximum atomic E-state index is 6.10. The van der Waals surface area contributed by atoms with Gasteiger partial charge in [0.1, 0.15) is 0 Å². The first kappa shape index (κ1) is 10.5. The van der Waals surface area contributed by atoms with Crippen molar-refractivity contribution in [1.82, 2.24) is 0 Å². The van der Waals surface area contributed by atoms with Crippen LogP contribution in [-0.4, -0.2) is 19.1 Å². The fourth-order valence-electron chi connectivity index (χ4n) is 1.87. The zero-order valence-corrected chi connectivity index (χ0v) is 9.66. The van der Waals surface area contributed by atoms with Crippen LogP contribution < -0.4 is 10.6 Å². The Morgan fingerprint density at radius 3 is 2.33 bits per heavy atom. The van der Waals surface area contributed by atoms with E-state index in [0.717, 1.165) is 13.0 Å². The van der Waals surface area contributed by atoms with Crippen LogP contribution in [0.15, 0.2) is 24.3 Å². The van der Waals surface area contributed by atoms with E-state index in [4.69, 9.17) is 5.73 Å². The van der Waals surface area contributed by atoms with Crippen molar-refractivity contribution in [3.05, 3.63) is 29.8 Å². The molecule has 2 rings (SSSR count). The lowest BCUT2D eigenvalue weighted by molar-refractivity contribution is 0.660. The number of aryl methyl sites for hydroxylation is 1. The Bertz CT molecular complexity index is 325. The van der Waals surface area contributed by atoms with Crippen LogP contribution in [0.25, 0.3) is 0 Å². The highest BCUT2D eigenvalue weighted by atomic mass is 15.1. The van der Waals surface area contributed by atoms with Crippen LogP contribution in [0.4, 0.5) is 5.69 Å². The van der Waals surface area contributed by atoms with Gasteiger partial charge >= 0.3 is 0 Å². The number of likely N-dealkylation sites (N-methyl/N-ethyl adjacent to an activating group) is 1. The first-order chi connectivity index (χ1) is 7.13. The first-order valence-corrected chi connectivity index (χ1v) is 5.72. The summed E-state index contributed by atoms with van der Waals surface area (Å²) in [4.78, 5) is 2.26. The Hall–Kier alpha value is -1.02. The average Bonchev–Trinajstić information content (AvgIpc) is 2.96. The second-order valence-electron chi connectivity index (χ2n) is 4.74. The summed E-state index contributed by atoms with van der Waals surface area (Å²) >= 11 is 0. The van der Waals surface area contributed by atoms with Gasteiger partial charge in [0.05, 0.1) is 0 Å². The Kier molecular flexibility index (Phi) is 2.70.